The number of hydrogen-bond donors (Lipinski definition) is 4. The Morgan fingerprint density at radius 2 is 1.87 bits per heavy atom. The van der Waals surface area contributed by atoms with Crippen LogP contribution in [-0.2, 0) is 14.3 Å². The van der Waals surface area contributed by atoms with E-state index in [0.717, 1.165) is 25.7 Å². The van der Waals surface area contributed by atoms with Gasteiger partial charge < -0.3 is 26.4 Å². The number of rotatable bonds is 13. The maximum atomic E-state index is 13.4. The molecule has 0 bridgehead atoms. The number of nitrogens with two attached hydrogens (primary N) is 2. The lowest BCUT2D eigenvalue weighted by atomic mass is 9.91. The second-order valence-electron chi connectivity index (χ2n) is 9.81. The Kier molecular flexibility index (Phi) is 11.8. The number of cyclic esters (lactones) is 1. The van der Waals surface area contributed by atoms with Crippen molar-refractivity contribution in [2.45, 2.75) is 103 Å². The average molecular weight is 459 g/mol. The van der Waals surface area contributed by atoms with Gasteiger partial charge in [-0.2, -0.15) is 12.6 Å². The van der Waals surface area contributed by atoms with E-state index in [2.05, 4.69) is 31.8 Å². The Bertz CT molecular complexity index is 575. The zero-order valence-corrected chi connectivity index (χ0v) is 21.3. The van der Waals surface area contributed by atoms with Crippen molar-refractivity contribution in [3.63, 3.8) is 0 Å². The zero-order valence-electron chi connectivity index (χ0n) is 20.4. The average Bonchev–Trinajstić information content (AvgIpc) is 2.74. The fourth-order valence-corrected chi connectivity index (χ4v) is 4.03. The first kappa shape index (κ1) is 28.2. The Labute approximate surface area is 194 Å². The smallest absolute Gasteiger partial charge is 0.329 e. The molecular weight excluding hydrogens is 412 g/mol. The summed E-state index contributed by atoms with van der Waals surface area (Å²) < 4.78 is 5.64. The number of nitrogens with one attached hydrogen (secondary N) is 1. The van der Waals surface area contributed by atoms with Gasteiger partial charge >= 0.3 is 5.97 Å². The predicted molar refractivity (Wildman–Crippen MR) is 130 cm³/mol. The third kappa shape index (κ3) is 8.56. The first-order valence-corrected chi connectivity index (χ1v) is 12.5. The molecule has 7 nitrogen and oxygen atoms in total. The fraction of sp³-hybridized carbons (Fsp3) is 0.913. The summed E-state index contributed by atoms with van der Waals surface area (Å²) in [6, 6.07) is -1.04. The predicted octanol–water partition coefficient (Wildman–Crippen LogP) is 2.32. The molecule has 0 spiro atoms. The monoisotopic (exact) mass is 458 g/mol. The molecule has 31 heavy (non-hydrogen) atoms. The van der Waals surface area contributed by atoms with Gasteiger partial charge in [-0.1, -0.05) is 40.5 Å². The molecule has 1 fully saturated rings. The number of carbonyl (C=O) groups is 2. The van der Waals surface area contributed by atoms with Crippen molar-refractivity contribution in [2.75, 3.05) is 18.8 Å². The lowest BCUT2D eigenvalue weighted by Crippen LogP contribution is -2.57. The summed E-state index contributed by atoms with van der Waals surface area (Å²) in [4.78, 5) is 27.9. The van der Waals surface area contributed by atoms with E-state index in [9.17, 15) is 9.59 Å². The van der Waals surface area contributed by atoms with Crippen LogP contribution in [0.15, 0.2) is 0 Å². The van der Waals surface area contributed by atoms with E-state index in [-0.39, 0.29) is 29.9 Å². The SMILES string of the molecule is CC[C@H](C)[C@H](CCN(C(=O)[C@@H](N)[C@@H](C)CC)[C@H]1CCC(C)(C)OC1=O)NC[C@@H](N)CS. The summed E-state index contributed by atoms with van der Waals surface area (Å²) in [5, 5.41) is 3.55. The highest BCUT2D eigenvalue weighted by molar-refractivity contribution is 7.80. The van der Waals surface area contributed by atoms with Crippen LogP contribution in [0.3, 0.4) is 0 Å². The van der Waals surface area contributed by atoms with Gasteiger partial charge in [0.1, 0.15) is 11.6 Å². The minimum Gasteiger partial charge on any atom is -0.458 e. The maximum absolute atomic E-state index is 13.4. The van der Waals surface area contributed by atoms with Gasteiger partial charge in [0.05, 0.1) is 6.04 Å². The molecule has 0 radical (unpaired) electrons. The van der Waals surface area contributed by atoms with E-state index in [4.69, 9.17) is 16.2 Å². The number of amides is 1. The second kappa shape index (κ2) is 13.0. The van der Waals surface area contributed by atoms with Crippen LogP contribution >= 0.6 is 12.6 Å². The lowest BCUT2D eigenvalue weighted by Gasteiger charge is -2.41. The van der Waals surface area contributed by atoms with E-state index in [1.54, 1.807) is 4.90 Å². The third-order valence-electron chi connectivity index (χ3n) is 6.76. The molecule has 0 aromatic carbocycles. The van der Waals surface area contributed by atoms with Crippen LogP contribution in [0.25, 0.3) is 0 Å². The van der Waals surface area contributed by atoms with Gasteiger partial charge in [0.25, 0.3) is 0 Å². The standard InChI is InChI=1S/C23H46N4O3S/c1-7-15(3)18(26-13-17(24)14-31)10-12-27(21(28)20(25)16(4)8-2)19-9-11-23(5,6)30-22(19)29/h15-20,26,31H,7-14,24-25H2,1-6H3/t15-,16-,17+,18-,19-,20-/m0/s1. The highest BCUT2D eigenvalue weighted by Crippen LogP contribution is 2.29. The van der Waals surface area contributed by atoms with E-state index >= 15 is 0 Å². The number of carbonyl (C=O) groups excluding carboxylic acids is 2. The molecule has 5 N–H and O–H groups in total. The Balaban J connectivity index is 3.01. The fourth-order valence-electron chi connectivity index (χ4n) is 3.90. The molecule has 182 valence electrons. The van der Waals surface area contributed by atoms with Gasteiger partial charge in [-0.25, -0.2) is 4.79 Å². The van der Waals surface area contributed by atoms with Crippen LogP contribution in [0.2, 0.25) is 0 Å². The second-order valence-corrected chi connectivity index (χ2v) is 10.2. The molecule has 1 rings (SSSR count). The summed E-state index contributed by atoms with van der Waals surface area (Å²) in [6.45, 7) is 13.3. The van der Waals surface area contributed by atoms with Crippen LogP contribution < -0.4 is 16.8 Å². The number of thiol groups is 1. The largest absolute Gasteiger partial charge is 0.458 e. The Hall–Kier alpha value is -0.830. The third-order valence-corrected chi connectivity index (χ3v) is 7.23. The molecule has 0 aliphatic carbocycles. The van der Waals surface area contributed by atoms with Gasteiger partial charge in [-0.15, -0.1) is 0 Å². The molecule has 8 heteroatoms. The molecule has 0 aromatic heterocycles. The van der Waals surface area contributed by atoms with Gasteiger partial charge in [-0.3, -0.25) is 4.79 Å². The van der Waals surface area contributed by atoms with E-state index in [1.807, 2.05) is 27.7 Å². The van der Waals surface area contributed by atoms with Crippen LogP contribution in [0, 0.1) is 11.8 Å². The van der Waals surface area contributed by atoms with Crippen molar-refractivity contribution < 1.29 is 14.3 Å². The molecule has 0 saturated carbocycles. The van der Waals surface area contributed by atoms with E-state index in [1.165, 1.54) is 0 Å². The molecule has 1 aliphatic heterocycles. The van der Waals surface area contributed by atoms with Gasteiger partial charge in [0.2, 0.25) is 5.91 Å². The first-order chi connectivity index (χ1) is 14.5. The Morgan fingerprint density at radius 1 is 1.26 bits per heavy atom. The summed E-state index contributed by atoms with van der Waals surface area (Å²) in [6.07, 6.45) is 3.85. The maximum Gasteiger partial charge on any atom is 0.329 e. The number of esters is 1. The van der Waals surface area contributed by atoms with Crippen molar-refractivity contribution in [1.29, 1.82) is 0 Å². The summed E-state index contributed by atoms with van der Waals surface area (Å²) in [5.41, 5.74) is 11.8. The first-order valence-electron chi connectivity index (χ1n) is 11.9. The van der Waals surface area contributed by atoms with Crippen LogP contribution in [0.4, 0.5) is 0 Å². The number of nitrogens with zero attached hydrogens (tertiary/aromatic N) is 1. The lowest BCUT2D eigenvalue weighted by molar-refractivity contribution is -0.175. The summed E-state index contributed by atoms with van der Waals surface area (Å²) >= 11 is 4.27. The van der Waals surface area contributed by atoms with E-state index < -0.39 is 17.7 Å². The van der Waals surface area contributed by atoms with Crippen molar-refractivity contribution >= 4 is 24.5 Å². The zero-order chi connectivity index (χ0) is 23.8. The topological polar surface area (TPSA) is 111 Å². The summed E-state index contributed by atoms with van der Waals surface area (Å²) in [7, 11) is 0. The van der Waals surface area contributed by atoms with Crippen LogP contribution in [-0.4, -0.2) is 65.4 Å². The number of ether oxygens (including phenoxy) is 1. The summed E-state index contributed by atoms with van der Waals surface area (Å²) in [5.74, 6) is 0.572. The highest BCUT2D eigenvalue weighted by atomic mass is 32.1. The molecule has 1 saturated heterocycles. The minimum absolute atomic E-state index is 0.0259. The molecule has 0 aromatic rings. The Morgan fingerprint density at radius 3 is 2.39 bits per heavy atom. The molecule has 0 unspecified atom stereocenters. The molecular formula is C23H46N4O3S. The van der Waals surface area contributed by atoms with Crippen molar-refractivity contribution in [1.82, 2.24) is 10.2 Å². The van der Waals surface area contributed by atoms with Crippen molar-refractivity contribution in [3.8, 4) is 0 Å². The normalized spacial score (nSPS) is 23.4. The van der Waals surface area contributed by atoms with Crippen LogP contribution in [0.5, 0.6) is 0 Å². The molecule has 1 heterocycles. The van der Waals surface area contributed by atoms with Crippen molar-refractivity contribution in [3.05, 3.63) is 0 Å². The minimum atomic E-state index is -0.625. The quantitative estimate of drug-likeness (QED) is 0.249. The van der Waals surface area contributed by atoms with Gasteiger partial charge in [0, 0.05) is 30.9 Å². The molecule has 1 amide bonds. The van der Waals surface area contributed by atoms with Crippen molar-refractivity contribution in [2.24, 2.45) is 23.3 Å². The van der Waals surface area contributed by atoms with Gasteiger partial charge in [-0.05, 0) is 44.9 Å². The highest BCUT2D eigenvalue weighted by Gasteiger charge is 2.41. The molecule has 6 atom stereocenters. The number of hydrogen-bond acceptors (Lipinski definition) is 7. The van der Waals surface area contributed by atoms with E-state index in [0.29, 0.717) is 31.2 Å². The molecule has 1 aliphatic rings. The van der Waals surface area contributed by atoms with Gasteiger partial charge in [0.15, 0.2) is 0 Å². The van der Waals surface area contributed by atoms with Crippen LogP contribution in [0.1, 0.15) is 73.6 Å².